The molecule has 0 bridgehead atoms. The minimum atomic E-state index is -0.504. The van der Waals surface area contributed by atoms with Crippen LogP contribution in [0.4, 0.5) is 16.3 Å². The van der Waals surface area contributed by atoms with E-state index in [1.165, 1.54) is 18.3 Å². The highest BCUT2D eigenvalue weighted by Crippen LogP contribution is 2.20. The summed E-state index contributed by atoms with van der Waals surface area (Å²) in [6.07, 6.45) is 3.12. The van der Waals surface area contributed by atoms with Gasteiger partial charge in [0.25, 0.3) is 11.8 Å². The first-order chi connectivity index (χ1) is 17.0. The van der Waals surface area contributed by atoms with E-state index in [1.807, 2.05) is 0 Å². The van der Waals surface area contributed by atoms with Crippen molar-refractivity contribution in [2.24, 2.45) is 0 Å². The molecule has 2 aromatic carbocycles. The lowest BCUT2D eigenvalue weighted by Crippen LogP contribution is -2.15. The molecule has 10 heteroatoms. The Morgan fingerprint density at radius 1 is 0.857 bits per heavy atom. The van der Waals surface area contributed by atoms with Gasteiger partial charge in [-0.1, -0.05) is 18.1 Å². The maximum atomic E-state index is 13.0. The number of fused-ring (bicyclic) bond motifs is 1. The summed E-state index contributed by atoms with van der Waals surface area (Å²) < 4.78 is 13.0. The molecule has 0 aliphatic heterocycles. The topological polar surface area (TPSA) is 128 Å². The third kappa shape index (κ3) is 4.89. The third-order valence-corrected chi connectivity index (χ3v) is 4.88. The highest BCUT2D eigenvalue weighted by molar-refractivity contribution is 6.11. The number of carbonyl (C=O) groups is 2. The first-order valence-corrected chi connectivity index (χ1v) is 10.4. The Morgan fingerprint density at radius 3 is 2.46 bits per heavy atom. The first-order valence-electron chi connectivity index (χ1n) is 10.4. The minimum absolute atomic E-state index is 0.132. The number of anilines is 2. The Labute approximate surface area is 197 Å². The second-order valence-corrected chi connectivity index (χ2v) is 7.30. The number of pyridine rings is 1. The molecule has 0 saturated carbocycles. The molecular weight excluding hydrogens is 449 g/mol. The summed E-state index contributed by atoms with van der Waals surface area (Å²) in [4.78, 5) is 43.8. The quantitative estimate of drug-likeness (QED) is 0.301. The van der Waals surface area contributed by atoms with Crippen molar-refractivity contribution >= 4 is 34.7 Å². The summed E-state index contributed by atoms with van der Waals surface area (Å²) in [5, 5.41) is 5.31. The van der Waals surface area contributed by atoms with Crippen LogP contribution in [-0.2, 0) is 0 Å². The number of carbonyl (C=O) groups excluding carboxylic acids is 2. The van der Waals surface area contributed by atoms with Gasteiger partial charge in [0, 0.05) is 18.0 Å². The van der Waals surface area contributed by atoms with Gasteiger partial charge in [-0.3, -0.25) is 20.2 Å². The number of nitrogens with one attached hydrogen (secondary N) is 4. The summed E-state index contributed by atoms with van der Waals surface area (Å²) in [6, 6.07) is 15.7. The van der Waals surface area contributed by atoms with Crippen LogP contribution in [0.3, 0.4) is 0 Å². The van der Waals surface area contributed by atoms with Gasteiger partial charge in [0.1, 0.15) is 22.7 Å². The molecular formula is C25H16FN7O2. The van der Waals surface area contributed by atoms with Gasteiger partial charge in [0.2, 0.25) is 11.9 Å². The predicted octanol–water partition coefficient (Wildman–Crippen LogP) is 3.72. The average molecular weight is 465 g/mol. The van der Waals surface area contributed by atoms with Gasteiger partial charge in [0.15, 0.2) is 0 Å². The summed E-state index contributed by atoms with van der Waals surface area (Å²) in [6.45, 7) is 0. The second kappa shape index (κ2) is 9.29. The number of aromatic amines is 2. The van der Waals surface area contributed by atoms with Crippen molar-refractivity contribution in [3.63, 3.8) is 0 Å². The lowest BCUT2D eigenvalue weighted by Gasteiger charge is -2.02. The normalized spacial score (nSPS) is 10.4. The number of para-hydroxylation sites is 1. The number of hydrogen-bond donors (Lipinski definition) is 4. The van der Waals surface area contributed by atoms with Crippen LogP contribution in [-0.4, -0.2) is 36.7 Å². The Kier molecular flexibility index (Phi) is 5.71. The number of aromatic nitrogens is 5. The Bertz CT molecular complexity index is 1600. The Hall–Kier alpha value is -5.30. The molecule has 5 aromatic rings. The van der Waals surface area contributed by atoms with E-state index in [2.05, 4.69) is 47.4 Å². The second-order valence-electron chi connectivity index (χ2n) is 7.30. The monoisotopic (exact) mass is 465 g/mol. The summed E-state index contributed by atoms with van der Waals surface area (Å²) in [5.74, 6) is 4.96. The predicted molar refractivity (Wildman–Crippen MR) is 127 cm³/mol. The number of amides is 2. The van der Waals surface area contributed by atoms with Gasteiger partial charge in [-0.05, 0) is 54.5 Å². The molecule has 3 heterocycles. The van der Waals surface area contributed by atoms with Crippen molar-refractivity contribution in [3.8, 4) is 11.8 Å². The van der Waals surface area contributed by atoms with Gasteiger partial charge in [-0.2, -0.15) is 0 Å². The summed E-state index contributed by atoms with van der Waals surface area (Å²) >= 11 is 0. The van der Waals surface area contributed by atoms with Crippen LogP contribution in [0.25, 0.3) is 11.0 Å². The fraction of sp³-hybridized carbons (Fsp3) is 0. The fourth-order valence-electron chi connectivity index (χ4n) is 3.25. The molecule has 0 unspecified atom stereocenters. The van der Waals surface area contributed by atoms with Crippen molar-refractivity contribution in [3.05, 3.63) is 101 Å². The van der Waals surface area contributed by atoms with E-state index >= 15 is 0 Å². The van der Waals surface area contributed by atoms with Crippen LogP contribution in [0.2, 0.25) is 0 Å². The van der Waals surface area contributed by atoms with E-state index in [9.17, 15) is 14.0 Å². The van der Waals surface area contributed by atoms with Crippen molar-refractivity contribution < 1.29 is 14.0 Å². The number of benzene rings is 2. The smallest absolute Gasteiger partial charge is 0.276 e. The van der Waals surface area contributed by atoms with Crippen LogP contribution >= 0.6 is 0 Å². The Balaban J connectivity index is 1.34. The van der Waals surface area contributed by atoms with Crippen LogP contribution in [0.1, 0.15) is 32.1 Å². The highest BCUT2D eigenvalue weighted by atomic mass is 19.1. The van der Waals surface area contributed by atoms with E-state index in [1.54, 1.807) is 54.7 Å². The fourth-order valence-corrected chi connectivity index (χ4v) is 3.25. The van der Waals surface area contributed by atoms with E-state index in [0.717, 1.165) is 0 Å². The van der Waals surface area contributed by atoms with E-state index in [-0.39, 0.29) is 17.5 Å². The molecule has 0 fully saturated rings. The van der Waals surface area contributed by atoms with E-state index in [4.69, 9.17) is 0 Å². The molecule has 9 nitrogen and oxygen atoms in total. The van der Waals surface area contributed by atoms with Crippen molar-refractivity contribution in [1.82, 2.24) is 24.9 Å². The standard InChI is InChI=1S/C25H16FN7O2/c26-16-10-7-15(8-11-16)9-12-17-3-1-6-20(29-17)23(35)33-25-30-19-5-2-4-18(21(19)31-25)22(34)32-24-27-13-14-28-24/h1-8,10-11,13-14H,(H2,27,28,32,34)(H2,30,31,33,35). The SMILES string of the molecule is O=C(Nc1nc2c(C(=O)Nc3ncc[nH]3)cccc2[nH]1)c1cccc(C#Cc2ccc(F)cc2)n1. The molecule has 4 N–H and O–H groups in total. The number of imidazole rings is 2. The largest absolute Gasteiger partial charge is 0.331 e. The van der Waals surface area contributed by atoms with E-state index in [0.29, 0.717) is 33.8 Å². The minimum Gasteiger partial charge on any atom is -0.331 e. The zero-order chi connectivity index (χ0) is 24.2. The molecule has 0 aliphatic carbocycles. The van der Waals surface area contributed by atoms with Crippen LogP contribution < -0.4 is 10.6 Å². The van der Waals surface area contributed by atoms with Crippen molar-refractivity contribution in [1.29, 1.82) is 0 Å². The molecule has 3 aromatic heterocycles. The highest BCUT2D eigenvalue weighted by Gasteiger charge is 2.16. The zero-order valence-electron chi connectivity index (χ0n) is 18.0. The number of hydrogen-bond acceptors (Lipinski definition) is 5. The van der Waals surface area contributed by atoms with Crippen molar-refractivity contribution in [2.45, 2.75) is 0 Å². The van der Waals surface area contributed by atoms with Crippen LogP contribution in [0.15, 0.2) is 73.1 Å². The van der Waals surface area contributed by atoms with Gasteiger partial charge in [0.05, 0.1) is 11.1 Å². The number of halogens is 1. The molecule has 0 atom stereocenters. The summed E-state index contributed by atoms with van der Waals surface area (Å²) in [5.41, 5.74) is 2.40. The first kappa shape index (κ1) is 21.5. The van der Waals surface area contributed by atoms with Crippen molar-refractivity contribution in [2.75, 3.05) is 10.6 Å². The molecule has 0 aliphatic rings. The maximum absolute atomic E-state index is 13.0. The molecule has 0 saturated heterocycles. The molecule has 0 spiro atoms. The maximum Gasteiger partial charge on any atom is 0.276 e. The summed E-state index contributed by atoms with van der Waals surface area (Å²) in [7, 11) is 0. The third-order valence-electron chi connectivity index (χ3n) is 4.88. The number of nitrogens with zero attached hydrogens (tertiary/aromatic N) is 3. The number of H-pyrrole nitrogens is 2. The van der Waals surface area contributed by atoms with Gasteiger partial charge < -0.3 is 9.97 Å². The van der Waals surface area contributed by atoms with E-state index < -0.39 is 11.8 Å². The molecule has 0 radical (unpaired) electrons. The van der Waals surface area contributed by atoms with Gasteiger partial charge >= 0.3 is 0 Å². The lowest BCUT2D eigenvalue weighted by atomic mass is 10.2. The van der Waals surface area contributed by atoms with Gasteiger partial charge in [-0.15, -0.1) is 0 Å². The molecule has 35 heavy (non-hydrogen) atoms. The lowest BCUT2D eigenvalue weighted by molar-refractivity contribution is 0.101. The zero-order valence-corrected chi connectivity index (χ0v) is 18.0. The molecule has 2 amide bonds. The van der Waals surface area contributed by atoms with Gasteiger partial charge in [-0.25, -0.2) is 19.3 Å². The number of rotatable bonds is 4. The average Bonchev–Trinajstić information content (AvgIpc) is 3.53. The van der Waals surface area contributed by atoms with Crippen LogP contribution in [0.5, 0.6) is 0 Å². The molecule has 5 rings (SSSR count). The van der Waals surface area contributed by atoms with Crippen LogP contribution in [0, 0.1) is 17.7 Å². The Morgan fingerprint density at radius 2 is 1.66 bits per heavy atom. The molecule has 170 valence electrons.